The van der Waals surface area contributed by atoms with Gasteiger partial charge in [-0.25, -0.2) is 10.0 Å². The molecule has 0 aliphatic carbocycles. The smallest absolute Gasteiger partial charge is 0.256 e. The fraction of sp³-hybridized carbons (Fsp3) is 0.333. The highest BCUT2D eigenvalue weighted by Crippen LogP contribution is 2.45. The number of methoxy groups -OCH3 is 2. The maximum atomic E-state index is 14.3. The molecule has 0 fully saturated rings. The van der Waals surface area contributed by atoms with E-state index in [2.05, 4.69) is 0 Å². The third-order valence-corrected chi connectivity index (χ3v) is 7.92. The Morgan fingerprint density at radius 3 is 1.51 bits per heavy atom. The van der Waals surface area contributed by atoms with Crippen molar-refractivity contribution < 1.29 is 19.1 Å². The third kappa shape index (κ3) is 5.10. The summed E-state index contributed by atoms with van der Waals surface area (Å²) < 4.78 is 11.1. The van der Waals surface area contributed by atoms with Crippen molar-refractivity contribution in [2.24, 2.45) is 22.0 Å². The highest BCUT2D eigenvalue weighted by Gasteiger charge is 2.51. The predicted octanol–water partition coefficient (Wildman–Crippen LogP) is 6.26. The number of hydrogen-bond acceptors (Lipinski definition) is 6. The zero-order chi connectivity index (χ0) is 29.3. The molecule has 212 valence electrons. The molecular weight excluding hydrogens is 516 g/mol. The van der Waals surface area contributed by atoms with Gasteiger partial charge in [0.25, 0.3) is 11.8 Å². The van der Waals surface area contributed by atoms with Gasteiger partial charge in [-0.15, -0.1) is 0 Å². The Morgan fingerprint density at radius 2 is 1.12 bits per heavy atom. The molecule has 3 aromatic rings. The van der Waals surface area contributed by atoms with Gasteiger partial charge in [0, 0.05) is 5.92 Å². The van der Waals surface area contributed by atoms with Crippen LogP contribution in [0.4, 0.5) is 11.4 Å². The lowest BCUT2D eigenvalue weighted by Gasteiger charge is -2.30. The number of benzene rings is 3. The summed E-state index contributed by atoms with van der Waals surface area (Å²) in [5, 5.41) is 12.6. The molecule has 0 bridgehead atoms. The fourth-order valence-corrected chi connectivity index (χ4v) is 5.71. The average molecular weight is 553 g/mol. The Morgan fingerprint density at radius 1 is 0.683 bits per heavy atom. The van der Waals surface area contributed by atoms with E-state index < -0.39 is 17.8 Å². The van der Waals surface area contributed by atoms with Crippen LogP contribution < -0.4 is 19.5 Å². The van der Waals surface area contributed by atoms with Gasteiger partial charge >= 0.3 is 0 Å². The largest absolute Gasteiger partial charge is 0.493 e. The summed E-state index contributed by atoms with van der Waals surface area (Å²) >= 11 is 0. The number of aryl methyl sites for hydroxylation is 2. The number of nitrogens with zero attached hydrogens (tertiary/aromatic N) is 4. The number of amides is 2. The van der Waals surface area contributed by atoms with Crippen LogP contribution >= 0.6 is 0 Å². The van der Waals surface area contributed by atoms with Gasteiger partial charge < -0.3 is 9.47 Å². The molecule has 2 atom stereocenters. The average Bonchev–Trinajstić information content (AvgIpc) is 3.50. The van der Waals surface area contributed by atoms with E-state index in [1.54, 1.807) is 14.2 Å². The van der Waals surface area contributed by atoms with Gasteiger partial charge in [-0.05, 0) is 68.7 Å². The number of carbonyl (C=O) groups excluding carboxylic acids is 2. The molecular formula is C33H36N4O4. The van der Waals surface area contributed by atoms with Crippen molar-refractivity contribution in [2.45, 2.75) is 46.5 Å². The van der Waals surface area contributed by atoms with Crippen LogP contribution in [0.25, 0.3) is 0 Å². The van der Waals surface area contributed by atoms with Crippen LogP contribution in [0.1, 0.15) is 49.3 Å². The van der Waals surface area contributed by atoms with Crippen molar-refractivity contribution in [2.75, 3.05) is 24.2 Å². The van der Waals surface area contributed by atoms with Crippen molar-refractivity contribution in [1.82, 2.24) is 0 Å². The Kier molecular flexibility index (Phi) is 7.92. The van der Waals surface area contributed by atoms with E-state index in [0.29, 0.717) is 35.7 Å². The van der Waals surface area contributed by atoms with E-state index in [0.717, 1.165) is 28.1 Å². The maximum absolute atomic E-state index is 14.3. The van der Waals surface area contributed by atoms with Crippen molar-refractivity contribution >= 4 is 34.6 Å². The fourth-order valence-electron chi connectivity index (χ4n) is 5.71. The summed E-state index contributed by atoms with van der Waals surface area (Å²) in [4.78, 5) is 28.6. The summed E-state index contributed by atoms with van der Waals surface area (Å²) in [6.45, 7) is 7.99. The second-order valence-electron chi connectivity index (χ2n) is 10.5. The summed E-state index contributed by atoms with van der Waals surface area (Å²) in [5.74, 6) is -1.11. The minimum Gasteiger partial charge on any atom is -0.493 e. The van der Waals surface area contributed by atoms with Crippen LogP contribution in [0.15, 0.2) is 76.9 Å². The topological polar surface area (TPSA) is 83.8 Å². The van der Waals surface area contributed by atoms with Crippen LogP contribution in [0, 0.1) is 25.7 Å². The highest BCUT2D eigenvalue weighted by atomic mass is 16.5. The Bertz CT molecular complexity index is 1420. The van der Waals surface area contributed by atoms with Gasteiger partial charge in [0.2, 0.25) is 0 Å². The van der Waals surface area contributed by atoms with Crippen LogP contribution in [-0.4, -0.2) is 37.5 Å². The van der Waals surface area contributed by atoms with Crippen molar-refractivity contribution in [1.29, 1.82) is 0 Å². The summed E-state index contributed by atoms with van der Waals surface area (Å²) in [5.41, 5.74) is 5.83. The van der Waals surface area contributed by atoms with E-state index in [9.17, 15) is 9.59 Å². The molecule has 2 unspecified atom stereocenters. The SMILES string of the molecule is CCC1=NN(c2ccc(C)cc2)C(=O)C1C(c1ccc(OC)c(OC)c1)C1C(=O)N(c2ccc(C)cc2)N=C1CC. The number of ether oxygens (including phenoxy) is 2. The third-order valence-electron chi connectivity index (χ3n) is 7.92. The van der Waals surface area contributed by atoms with Crippen molar-refractivity contribution in [3.05, 3.63) is 83.4 Å². The molecule has 0 N–H and O–H groups in total. The monoisotopic (exact) mass is 552 g/mol. The molecule has 3 aromatic carbocycles. The first kappa shape index (κ1) is 28.1. The molecule has 5 rings (SSSR count). The first-order valence-corrected chi connectivity index (χ1v) is 14.0. The lowest BCUT2D eigenvalue weighted by Crippen LogP contribution is -2.40. The summed E-state index contributed by atoms with van der Waals surface area (Å²) in [7, 11) is 3.16. The van der Waals surface area contributed by atoms with Gasteiger partial charge in [-0.2, -0.15) is 10.2 Å². The quantitative estimate of drug-likeness (QED) is 0.314. The van der Waals surface area contributed by atoms with Gasteiger partial charge in [0.15, 0.2) is 11.5 Å². The summed E-state index contributed by atoms with van der Waals surface area (Å²) in [6, 6.07) is 21.1. The minimum absolute atomic E-state index is 0.164. The molecule has 8 heteroatoms. The lowest BCUT2D eigenvalue weighted by atomic mass is 9.71. The zero-order valence-electron chi connectivity index (χ0n) is 24.4. The van der Waals surface area contributed by atoms with E-state index >= 15 is 0 Å². The molecule has 2 aliphatic heterocycles. The van der Waals surface area contributed by atoms with Crippen molar-refractivity contribution in [3.8, 4) is 11.5 Å². The number of carbonyl (C=O) groups is 2. The second kappa shape index (κ2) is 11.6. The van der Waals surface area contributed by atoms with Crippen LogP contribution in [-0.2, 0) is 9.59 Å². The van der Waals surface area contributed by atoms with E-state index in [1.165, 1.54) is 10.0 Å². The highest BCUT2D eigenvalue weighted by molar-refractivity contribution is 6.20. The molecule has 41 heavy (non-hydrogen) atoms. The van der Waals surface area contributed by atoms with Crippen LogP contribution in [0.2, 0.25) is 0 Å². The molecule has 0 aromatic heterocycles. The maximum Gasteiger partial charge on any atom is 0.256 e. The zero-order valence-corrected chi connectivity index (χ0v) is 24.4. The Labute approximate surface area is 241 Å². The molecule has 2 heterocycles. The molecule has 0 saturated carbocycles. The predicted molar refractivity (Wildman–Crippen MR) is 162 cm³/mol. The van der Waals surface area contributed by atoms with E-state index in [4.69, 9.17) is 19.7 Å². The Hall–Kier alpha value is -4.46. The van der Waals surface area contributed by atoms with Crippen LogP contribution in [0.3, 0.4) is 0 Å². The molecule has 2 aliphatic rings. The Balaban J connectivity index is 1.64. The molecule has 8 nitrogen and oxygen atoms in total. The van der Waals surface area contributed by atoms with Gasteiger partial charge in [0.05, 0.1) is 48.9 Å². The second-order valence-corrected chi connectivity index (χ2v) is 10.5. The number of hydrazone groups is 2. The van der Waals surface area contributed by atoms with E-state index in [1.807, 2.05) is 94.4 Å². The molecule has 0 saturated heterocycles. The molecule has 0 spiro atoms. The normalized spacial score (nSPS) is 19.4. The number of anilines is 2. The van der Waals surface area contributed by atoms with Crippen LogP contribution in [0.5, 0.6) is 11.5 Å². The van der Waals surface area contributed by atoms with E-state index in [-0.39, 0.29) is 11.8 Å². The summed E-state index contributed by atoms with van der Waals surface area (Å²) in [6.07, 6.45) is 1.12. The standard InChI is InChI=1S/C33H36N4O4/c1-7-25-30(32(38)36(34-25)23-14-9-20(3)10-15-23)29(22-13-18-27(40-5)28(19-22)41-6)31-26(8-2)35-37(33(31)39)24-16-11-21(4)12-17-24/h9-19,29-31H,7-8H2,1-6H3. The first-order chi connectivity index (χ1) is 19.8. The van der Waals surface area contributed by atoms with Gasteiger partial charge in [0.1, 0.15) is 0 Å². The van der Waals surface area contributed by atoms with Crippen molar-refractivity contribution in [3.63, 3.8) is 0 Å². The molecule has 2 amide bonds. The molecule has 0 radical (unpaired) electrons. The lowest BCUT2D eigenvalue weighted by molar-refractivity contribution is -0.122. The first-order valence-electron chi connectivity index (χ1n) is 14.0. The van der Waals surface area contributed by atoms with Gasteiger partial charge in [-0.1, -0.05) is 55.3 Å². The van der Waals surface area contributed by atoms with Gasteiger partial charge in [-0.3, -0.25) is 9.59 Å². The number of rotatable bonds is 9. The minimum atomic E-state index is -0.664. The number of hydrogen-bond donors (Lipinski definition) is 0.